The molecule has 1 aliphatic heterocycles. The van der Waals surface area contributed by atoms with E-state index in [0.717, 1.165) is 24.6 Å². The quantitative estimate of drug-likeness (QED) is 0.817. The number of anilines is 1. The molecule has 1 heterocycles. The summed E-state index contributed by atoms with van der Waals surface area (Å²) in [5.74, 6) is 0.00372. The molecule has 1 N–H and O–H groups in total. The summed E-state index contributed by atoms with van der Waals surface area (Å²) in [7, 11) is 0. The minimum absolute atomic E-state index is 0.108. The summed E-state index contributed by atoms with van der Waals surface area (Å²) in [5, 5.41) is 8.63. The van der Waals surface area contributed by atoms with E-state index in [1.807, 2.05) is 24.3 Å². The van der Waals surface area contributed by atoms with Gasteiger partial charge in [0, 0.05) is 18.8 Å². The van der Waals surface area contributed by atoms with Crippen LogP contribution in [0.3, 0.4) is 0 Å². The van der Waals surface area contributed by atoms with Gasteiger partial charge in [-0.05, 0) is 23.6 Å². The largest absolute Gasteiger partial charge is 0.481 e. The molecule has 0 aliphatic carbocycles. The lowest BCUT2D eigenvalue weighted by Crippen LogP contribution is -2.45. The van der Waals surface area contributed by atoms with Gasteiger partial charge < -0.3 is 10.0 Å². The maximum atomic E-state index is 10.5. The van der Waals surface area contributed by atoms with E-state index >= 15 is 0 Å². The van der Waals surface area contributed by atoms with E-state index in [0.29, 0.717) is 0 Å². The van der Waals surface area contributed by atoms with Crippen LogP contribution in [0.2, 0.25) is 0 Å². The number of aliphatic carboxylic acids is 1. The molecular formula is C12H15NO2. The van der Waals surface area contributed by atoms with Crippen LogP contribution in [0.1, 0.15) is 12.5 Å². The van der Waals surface area contributed by atoms with Crippen molar-refractivity contribution in [3.05, 3.63) is 29.8 Å². The number of benzene rings is 1. The highest BCUT2D eigenvalue weighted by Crippen LogP contribution is 2.24. The number of carboxylic acids is 1. The predicted octanol–water partition coefficient (Wildman–Crippen LogP) is 1.77. The summed E-state index contributed by atoms with van der Waals surface area (Å²) in [6, 6.07) is 7.80. The molecule has 1 aromatic rings. The van der Waals surface area contributed by atoms with Crippen LogP contribution >= 0.6 is 0 Å². The van der Waals surface area contributed by atoms with Gasteiger partial charge in [-0.2, -0.15) is 0 Å². The maximum absolute atomic E-state index is 10.5. The van der Waals surface area contributed by atoms with E-state index in [-0.39, 0.29) is 6.42 Å². The molecule has 0 unspecified atom stereocenters. The van der Waals surface area contributed by atoms with Crippen LogP contribution in [-0.4, -0.2) is 24.2 Å². The van der Waals surface area contributed by atoms with E-state index in [1.165, 1.54) is 5.69 Å². The van der Waals surface area contributed by atoms with Gasteiger partial charge in [-0.1, -0.05) is 19.1 Å². The fraction of sp³-hybridized carbons (Fsp3) is 0.417. The standard InChI is InChI=1S/C12H15NO2/c1-9-7-13(8-9)11-4-2-10(3-5-11)6-12(14)15/h2-5,9H,6-8H2,1H3,(H,14,15). The molecule has 0 amide bonds. The molecular weight excluding hydrogens is 190 g/mol. The average Bonchev–Trinajstić information content (AvgIpc) is 2.14. The lowest BCUT2D eigenvalue weighted by atomic mass is 10.0. The maximum Gasteiger partial charge on any atom is 0.307 e. The van der Waals surface area contributed by atoms with E-state index in [2.05, 4.69) is 11.8 Å². The Bertz CT molecular complexity index is 352. The van der Waals surface area contributed by atoms with Crippen LogP contribution in [0, 0.1) is 5.92 Å². The van der Waals surface area contributed by atoms with E-state index in [1.54, 1.807) is 0 Å². The van der Waals surface area contributed by atoms with Crippen LogP contribution in [0.15, 0.2) is 24.3 Å². The second-order valence-electron chi connectivity index (χ2n) is 4.25. The Morgan fingerprint density at radius 1 is 1.40 bits per heavy atom. The molecule has 0 saturated carbocycles. The van der Waals surface area contributed by atoms with Gasteiger partial charge in [-0.25, -0.2) is 0 Å². The summed E-state index contributed by atoms with van der Waals surface area (Å²) >= 11 is 0. The topological polar surface area (TPSA) is 40.5 Å². The molecule has 0 spiro atoms. The van der Waals surface area contributed by atoms with E-state index in [4.69, 9.17) is 5.11 Å². The van der Waals surface area contributed by atoms with Gasteiger partial charge in [0.15, 0.2) is 0 Å². The summed E-state index contributed by atoms with van der Waals surface area (Å²) < 4.78 is 0. The molecule has 1 saturated heterocycles. The van der Waals surface area contributed by atoms with Gasteiger partial charge in [0.05, 0.1) is 6.42 Å². The first-order valence-corrected chi connectivity index (χ1v) is 5.21. The summed E-state index contributed by atoms with van der Waals surface area (Å²) in [6.07, 6.45) is 0.108. The van der Waals surface area contributed by atoms with Crippen molar-refractivity contribution in [3.8, 4) is 0 Å². The number of hydrogen-bond donors (Lipinski definition) is 1. The van der Waals surface area contributed by atoms with E-state index in [9.17, 15) is 4.79 Å². The van der Waals surface area contributed by atoms with Crippen molar-refractivity contribution in [2.45, 2.75) is 13.3 Å². The average molecular weight is 205 g/mol. The summed E-state index contributed by atoms with van der Waals surface area (Å²) in [5.41, 5.74) is 2.06. The smallest absolute Gasteiger partial charge is 0.307 e. The molecule has 15 heavy (non-hydrogen) atoms. The number of carboxylic acid groups (broad SMARTS) is 1. The number of carbonyl (C=O) groups is 1. The Kier molecular flexibility index (Phi) is 2.62. The van der Waals surface area contributed by atoms with Crippen LogP contribution in [0.5, 0.6) is 0 Å². The molecule has 1 aromatic carbocycles. The van der Waals surface area contributed by atoms with Crippen molar-refractivity contribution in [2.24, 2.45) is 5.92 Å². The third kappa shape index (κ3) is 2.29. The first-order chi connectivity index (χ1) is 7.15. The van der Waals surface area contributed by atoms with Crippen molar-refractivity contribution in [1.82, 2.24) is 0 Å². The molecule has 1 fully saturated rings. The van der Waals surface area contributed by atoms with Gasteiger partial charge in [0.2, 0.25) is 0 Å². The van der Waals surface area contributed by atoms with Crippen molar-refractivity contribution in [3.63, 3.8) is 0 Å². The highest BCUT2D eigenvalue weighted by Gasteiger charge is 2.22. The Labute approximate surface area is 89.3 Å². The number of nitrogens with zero attached hydrogens (tertiary/aromatic N) is 1. The minimum atomic E-state index is -0.777. The van der Waals surface area contributed by atoms with Crippen LogP contribution < -0.4 is 4.90 Å². The highest BCUT2D eigenvalue weighted by atomic mass is 16.4. The molecule has 3 nitrogen and oxygen atoms in total. The normalized spacial score (nSPS) is 16.2. The number of hydrogen-bond acceptors (Lipinski definition) is 2. The van der Waals surface area contributed by atoms with Crippen molar-refractivity contribution >= 4 is 11.7 Å². The minimum Gasteiger partial charge on any atom is -0.481 e. The van der Waals surface area contributed by atoms with Crippen molar-refractivity contribution in [1.29, 1.82) is 0 Å². The predicted molar refractivity (Wildman–Crippen MR) is 59.2 cm³/mol. The monoisotopic (exact) mass is 205 g/mol. The molecule has 0 bridgehead atoms. The van der Waals surface area contributed by atoms with Gasteiger partial charge in [0.1, 0.15) is 0 Å². The molecule has 2 rings (SSSR count). The van der Waals surface area contributed by atoms with Crippen LogP contribution in [0.4, 0.5) is 5.69 Å². The zero-order chi connectivity index (χ0) is 10.8. The molecule has 1 aliphatic rings. The third-order valence-electron chi connectivity index (χ3n) is 2.72. The fourth-order valence-corrected chi connectivity index (χ4v) is 1.91. The van der Waals surface area contributed by atoms with E-state index < -0.39 is 5.97 Å². The lowest BCUT2D eigenvalue weighted by Gasteiger charge is -2.39. The number of rotatable bonds is 3. The van der Waals surface area contributed by atoms with Gasteiger partial charge in [0.25, 0.3) is 0 Å². The van der Waals surface area contributed by atoms with Crippen LogP contribution in [-0.2, 0) is 11.2 Å². The Morgan fingerprint density at radius 2 is 2.00 bits per heavy atom. The lowest BCUT2D eigenvalue weighted by molar-refractivity contribution is -0.136. The van der Waals surface area contributed by atoms with Crippen LogP contribution in [0.25, 0.3) is 0 Å². The molecule has 3 heteroatoms. The third-order valence-corrected chi connectivity index (χ3v) is 2.72. The zero-order valence-corrected chi connectivity index (χ0v) is 8.81. The van der Waals surface area contributed by atoms with Gasteiger partial charge in [-0.15, -0.1) is 0 Å². The SMILES string of the molecule is CC1CN(c2ccc(CC(=O)O)cc2)C1. The van der Waals surface area contributed by atoms with Crippen molar-refractivity contribution < 1.29 is 9.90 Å². The molecule has 0 aromatic heterocycles. The first kappa shape index (κ1) is 10.0. The summed E-state index contributed by atoms with van der Waals surface area (Å²) in [6.45, 7) is 4.45. The molecule has 80 valence electrons. The Hall–Kier alpha value is -1.51. The van der Waals surface area contributed by atoms with Crippen molar-refractivity contribution in [2.75, 3.05) is 18.0 Å². The van der Waals surface area contributed by atoms with Gasteiger partial charge in [-0.3, -0.25) is 4.79 Å². The highest BCUT2D eigenvalue weighted by molar-refractivity contribution is 5.70. The Morgan fingerprint density at radius 3 is 2.47 bits per heavy atom. The second-order valence-corrected chi connectivity index (χ2v) is 4.25. The summed E-state index contributed by atoms with van der Waals surface area (Å²) in [4.78, 5) is 12.8. The zero-order valence-electron chi connectivity index (χ0n) is 8.81. The first-order valence-electron chi connectivity index (χ1n) is 5.21. The molecule has 0 radical (unpaired) electrons. The fourth-order valence-electron chi connectivity index (χ4n) is 1.91. The van der Waals surface area contributed by atoms with Gasteiger partial charge >= 0.3 is 5.97 Å². The second kappa shape index (κ2) is 3.93. The molecule has 0 atom stereocenters. The Balaban J connectivity index is 2.01.